The molecular formula is C16H17NO3. The fourth-order valence-corrected chi connectivity index (χ4v) is 1.89. The maximum absolute atomic E-state index is 10.9. The first-order chi connectivity index (χ1) is 9.56. The van der Waals surface area contributed by atoms with Gasteiger partial charge in [0.1, 0.15) is 11.9 Å². The van der Waals surface area contributed by atoms with Gasteiger partial charge in [-0.15, -0.1) is 0 Å². The van der Waals surface area contributed by atoms with Crippen molar-refractivity contribution in [1.29, 1.82) is 0 Å². The van der Waals surface area contributed by atoms with Gasteiger partial charge in [0.25, 0.3) is 0 Å². The minimum atomic E-state index is -0.629. The molecule has 0 saturated carbocycles. The summed E-state index contributed by atoms with van der Waals surface area (Å²) in [4.78, 5) is 15.2. The van der Waals surface area contributed by atoms with Crippen molar-refractivity contribution in [3.8, 4) is 11.5 Å². The Bertz CT molecular complexity index is 594. The SMILES string of the molecule is COc1ccc(C=O)cc1OC(C)(C)c1ccccn1. The van der Waals surface area contributed by atoms with Crippen molar-refractivity contribution in [3.05, 3.63) is 53.9 Å². The number of pyridine rings is 1. The van der Waals surface area contributed by atoms with Crippen molar-refractivity contribution in [2.75, 3.05) is 7.11 Å². The number of carbonyl (C=O) groups excluding carboxylic acids is 1. The van der Waals surface area contributed by atoms with E-state index in [1.165, 1.54) is 0 Å². The van der Waals surface area contributed by atoms with Crippen LogP contribution in [-0.4, -0.2) is 18.4 Å². The zero-order valence-corrected chi connectivity index (χ0v) is 11.8. The van der Waals surface area contributed by atoms with E-state index in [1.54, 1.807) is 31.5 Å². The van der Waals surface area contributed by atoms with Crippen LogP contribution in [0.4, 0.5) is 0 Å². The van der Waals surface area contributed by atoms with Gasteiger partial charge in [0.05, 0.1) is 12.8 Å². The van der Waals surface area contributed by atoms with Crippen molar-refractivity contribution < 1.29 is 14.3 Å². The van der Waals surface area contributed by atoms with Gasteiger partial charge in [-0.25, -0.2) is 0 Å². The predicted octanol–water partition coefficient (Wildman–Crippen LogP) is 3.22. The normalized spacial score (nSPS) is 10.9. The van der Waals surface area contributed by atoms with Crippen molar-refractivity contribution in [3.63, 3.8) is 0 Å². The zero-order chi connectivity index (χ0) is 14.6. The van der Waals surface area contributed by atoms with Crippen LogP contribution in [0.2, 0.25) is 0 Å². The molecule has 0 saturated heterocycles. The van der Waals surface area contributed by atoms with Crippen LogP contribution in [0.3, 0.4) is 0 Å². The molecule has 0 fully saturated rings. The molecule has 0 unspecified atom stereocenters. The topological polar surface area (TPSA) is 48.4 Å². The molecular weight excluding hydrogens is 254 g/mol. The first kappa shape index (κ1) is 14.1. The van der Waals surface area contributed by atoms with Gasteiger partial charge in [-0.2, -0.15) is 0 Å². The van der Waals surface area contributed by atoms with E-state index in [-0.39, 0.29) is 0 Å². The average molecular weight is 271 g/mol. The second-order valence-electron chi connectivity index (χ2n) is 4.86. The highest BCUT2D eigenvalue weighted by molar-refractivity contribution is 5.76. The van der Waals surface area contributed by atoms with E-state index in [0.29, 0.717) is 17.1 Å². The van der Waals surface area contributed by atoms with E-state index >= 15 is 0 Å². The van der Waals surface area contributed by atoms with Crippen LogP contribution in [0, 0.1) is 0 Å². The second-order valence-corrected chi connectivity index (χ2v) is 4.86. The molecule has 1 aromatic carbocycles. The molecule has 2 rings (SSSR count). The van der Waals surface area contributed by atoms with E-state index in [2.05, 4.69) is 4.98 Å². The number of ether oxygens (including phenoxy) is 2. The Morgan fingerprint density at radius 1 is 1.15 bits per heavy atom. The van der Waals surface area contributed by atoms with E-state index in [9.17, 15) is 4.79 Å². The van der Waals surface area contributed by atoms with E-state index in [1.807, 2.05) is 32.0 Å². The zero-order valence-electron chi connectivity index (χ0n) is 11.8. The molecule has 104 valence electrons. The first-order valence-electron chi connectivity index (χ1n) is 6.30. The summed E-state index contributed by atoms with van der Waals surface area (Å²) in [6.07, 6.45) is 2.50. The Balaban J connectivity index is 2.35. The Morgan fingerprint density at radius 2 is 1.95 bits per heavy atom. The van der Waals surface area contributed by atoms with Crippen LogP contribution in [0.1, 0.15) is 29.9 Å². The van der Waals surface area contributed by atoms with Crippen LogP contribution in [0.25, 0.3) is 0 Å². The Labute approximate surface area is 118 Å². The lowest BCUT2D eigenvalue weighted by Gasteiger charge is -2.26. The van der Waals surface area contributed by atoms with E-state index in [4.69, 9.17) is 9.47 Å². The van der Waals surface area contributed by atoms with Gasteiger partial charge in [0, 0.05) is 11.8 Å². The van der Waals surface area contributed by atoms with E-state index in [0.717, 1.165) is 12.0 Å². The summed E-state index contributed by atoms with van der Waals surface area (Å²) in [5.41, 5.74) is 0.715. The Hall–Kier alpha value is -2.36. The number of hydrogen-bond donors (Lipinski definition) is 0. The summed E-state index contributed by atoms with van der Waals surface area (Å²) in [5.74, 6) is 1.10. The second kappa shape index (κ2) is 5.74. The number of hydrogen-bond acceptors (Lipinski definition) is 4. The standard InChI is InChI=1S/C16H17NO3/c1-16(2,15-6-4-5-9-17-15)20-14-10-12(11-18)7-8-13(14)19-3/h4-11H,1-3H3. The largest absolute Gasteiger partial charge is 0.493 e. The lowest BCUT2D eigenvalue weighted by molar-refractivity contribution is 0.0986. The first-order valence-corrected chi connectivity index (χ1v) is 6.30. The van der Waals surface area contributed by atoms with Crippen LogP contribution in [0.15, 0.2) is 42.6 Å². The molecule has 0 bridgehead atoms. The van der Waals surface area contributed by atoms with Crippen molar-refractivity contribution in [2.45, 2.75) is 19.4 Å². The van der Waals surface area contributed by atoms with Gasteiger partial charge in [0.15, 0.2) is 11.5 Å². The fourth-order valence-electron chi connectivity index (χ4n) is 1.89. The van der Waals surface area contributed by atoms with Gasteiger partial charge in [0.2, 0.25) is 0 Å². The molecule has 2 aromatic rings. The summed E-state index contributed by atoms with van der Waals surface area (Å²) in [7, 11) is 1.57. The highest BCUT2D eigenvalue weighted by Gasteiger charge is 2.25. The third-order valence-electron chi connectivity index (χ3n) is 2.97. The van der Waals surface area contributed by atoms with Gasteiger partial charge < -0.3 is 9.47 Å². The number of aldehydes is 1. The summed E-state index contributed by atoms with van der Waals surface area (Å²) in [6.45, 7) is 3.84. The molecule has 0 aliphatic rings. The monoisotopic (exact) mass is 271 g/mol. The lowest BCUT2D eigenvalue weighted by Crippen LogP contribution is -2.26. The van der Waals surface area contributed by atoms with E-state index < -0.39 is 5.60 Å². The third kappa shape index (κ3) is 2.96. The molecule has 4 nitrogen and oxygen atoms in total. The van der Waals surface area contributed by atoms with Crippen LogP contribution >= 0.6 is 0 Å². The van der Waals surface area contributed by atoms with Crippen LogP contribution < -0.4 is 9.47 Å². The highest BCUT2D eigenvalue weighted by Crippen LogP contribution is 2.34. The minimum absolute atomic E-state index is 0.521. The molecule has 20 heavy (non-hydrogen) atoms. The molecule has 0 aliphatic carbocycles. The fraction of sp³-hybridized carbons (Fsp3) is 0.250. The summed E-state index contributed by atoms with van der Waals surface area (Å²) in [6, 6.07) is 10.7. The number of benzene rings is 1. The van der Waals surface area contributed by atoms with Gasteiger partial charge in [-0.3, -0.25) is 9.78 Å². The molecule has 0 spiro atoms. The average Bonchev–Trinajstić information content (AvgIpc) is 2.47. The maximum Gasteiger partial charge on any atom is 0.163 e. The smallest absolute Gasteiger partial charge is 0.163 e. The molecule has 0 N–H and O–H groups in total. The molecule has 4 heteroatoms. The number of nitrogens with zero attached hydrogens (tertiary/aromatic N) is 1. The highest BCUT2D eigenvalue weighted by atomic mass is 16.5. The molecule has 1 aromatic heterocycles. The predicted molar refractivity (Wildman–Crippen MR) is 76.3 cm³/mol. The van der Waals surface area contributed by atoms with Crippen molar-refractivity contribution in [2.24, 2.45) is 0 Å². The van der Waals surface area contributed by atoms with Gasteiger partial charge in [-0.1, -0.05) is 6.07 Å². The lowest BCUT2D eigenvalue weighted by atomic mass is 10.0. The molecule has 0 atom stereocenters. The molecule has 0 radical (unpaired) electrons. The number of rotatable bonds is 5. The Kier molecular flexibility index (Phi) is 4.03. The van der Waals surface area contributed by atoms with Crippen LogP contribution in [-0.2, 0) is 5.60 Å². The third-order valence-corrected chi connectivity index (χ3v) is 2.97. The van der Waals surface area contributed by atoms with Crippen molar-refractivity contribution in [1.82, 2.24) is 4.98 Å². The van der Waals surface area contributed by atoms with Gasteiger partial charge >= 0.3 is 0 Å². The number of carbonyl (C=O) groups is 1. The summed E-state index contributed by atoms with van der Waals surface area (Å²) < 4.78 is 11.3. The molecule has 0 amide bonds. The molecule has 0 aliphatic heterocycles. The van der Waals surface area contributed by atoms with Gasteiger partial charge in [-0.05, 0) is 44.2 Å². The summed E-state index contributed by atoms with van der Waals surface area (Å²) >= 11 is 0. The Morgan fingerprint density at radius 3 is 2.55 bits per heavy atom. The summed E-state index contributed by atoms with van der Waals surface area (Å²) in [5, 5.41) is 0. The minimum Gasteiger partial charge on any atom is -0.493 e. The number of aromatic nitrogens is 1. The molecule has 1 heterocycles. The van der Waals surface area contributed by atoms with Crippen LogP contribution in [0.5, 0.6) is 11.5 Å². The quantitative estimate of drug-likeness (QED) is 0.783. The maximum atomic E-state index is 10.9. The number of methoxy groups -OCH3 is 1. The van der Waals surface area contributed by atoms with Crippen molar-refractivity contribution >= 4 is 6.29 Å².